The van der Waals surface area contributed by atoms with Gasteiger partial charge in [0.15, 0.2) is 11.5 Å². The molecule has 2 aromatic carbocycles. The van der Waals surface area contributed by atoms with Gasteiger partial charge < -0.3 is 16.0 Å². The molecule has 1 aliphatic heterocycles. The van der Waals surface area contributed by atoms with E-state index in [4.69, 9.17) is 4.98 Å². The molecule has 5 rings (SSSR count). The molecule has 0 saturated carbocycles. The molecule has 0 radical (unpaired) electrons. The smallest absolute Gasteiger partial charge is 0.229 e. The van der Waals surface area contributed by atoms with E-state index in [0.29, 0.717) is 5.95 Å². The van der Waals surface area contributed by atoms with E-state index in [1.54, 1.807) is 4.68 Å². The van der Waals surface area contributed by atoms with Crippen LogP contribution in [-0.2, 0) is 19.0 Å². The Hall–Kier alpha value is -3.45. The third kappa shape index (κ3) is 3.58. The van der Waals surface area contributed by atoms with Gasteiger partial charge in [0.1, 0.15) is 0 Å². The third-order valence-electron chi connectivity index (χ3n) is 6.28. The second kappa shape index (κ2) is 7.60. The SMILES string of the molecule is Cc1cccc(C)c1Nc1ncc2c(Nc3ccc4c(c3)CNCC4(C)C)nn(C)c2n1. The number of fused-ring (bicyclic) bond motifs is 2. The van der Waals surface area contributed by atoms with E-state index in [1.165, 1.54) is 11.1 Å². The van der Waals surface area contributed by atoms with Crippen LogP contribution in [0.5, 0.6) is 0 Å². The van der Waals surface area contributed by atoms with Crippen LogP contribution >= 0.6 is 0 Å². The van der Waals surface area contributed by atoms with Gasteiger partial charge in [0, 0.05) is 43.1 Å². The molecule has 0 saturated heterocycles. The lowest BCUT2D eigenvalue weighted by Crippen LogP contribution is -2.38. The van der Waals surface area contributed by atoms with E-state index in [-0.39, 0.29) is 5.41 Å². The molecule has 2 aromatic heterocycles. The van der Waals surface area contributed by atoms with Crippen molar-refractivity contribution >= 4 is 34.2 Å². The maximum atomic E-state index is 4.73. The number of anilines is 4. The molecule has 0 aliphatic carbocycles. The highest BCUT2D eigenvalue weighted by atomic mass is 15.3. The Morgan fingerprint density at radius 3 is 2.62 bits per heavy atom. The summed E-state index contributed by atoms with van der Waals surface area (Å²) >= 11 is 0. The average Bonchev–Trinajstić information content (AvgIpc) is 3.05. The summed E-state index contributed by atoms with van der Waals surface area (Å²) in [5.74, 6) is 1.32. The Kier molecular flexibility index (Phi) is 4.86. The number of aromatic nitrogens is 4. The van der Waals surface area contributed by atoms with Gasteiger partial charge in [-0.25, -0.2) is 9.67 Å². The Morgan fingerprint density at radius 2 is 1.84 bits per heavy atom. The minimum Gasteiger partial charge on any atom is -0.338 e. The fourth-order valence-electron chi connectivity index (χ4n) is 4.53. The lowest BCUT2D eigenvalue weighted by molar-refractivity contribution is 0.435. The zero-order valence-corrected chi connectivity index (χ0v) is 19.2. The van der Waals surface area contributed by atoms with E-state index in [9.17, 15) is 0 Å². The average molecular weight is 428 g/mol. The summed E-state index contributed by atoms with van der Waals surface area (Å²) in [4.78, 5) is 9.30. The van der Waals surface area contributed by atoms with Crippen molar-refractivity contribution in [3.05, 3.63) is 64.8 Å². The quantitative estimate of drug-likeness (QED) is 0.432. The molecule has 0 bridgehead atoms. The van der Waals surface area contributed by atoms with Crippen LogP contribution in [-0.4, -0.2) is 26.3 Å². The van der Waals surface area contributed by atoms with Gasteiger partial charge in [-0.3, -0.25) is 0 Å². The molecule has 0 amide bonds. The van der Waals surface area contributed by atoms with E-state index in [1.807, 2.05) is 13.2 Å². The van der Waals surface area contributed by atoms with Gasteiger partial charge in [-0.05, 0) is 48.2 Å². The lowest BCUT2D eigenvalue weighted by atomic mass is 9.79. The third-order valence-corrected chi connectivity index (χ3v) is 6.28. The number of hydrogen-bond donors (Lipinski definition) is 3. The summed E-state index contributed by atoms with van der Waals surface area (Å²) in [5, 5.41) is 15.9. The van der Waals surface area contributed by atoms with Gasteiger partial charge >= 0.3 is 0 Å². The molecule has 0 spiro atoms. The fourth-order valence-corrected chi connectivity index (χ4v) is 4.53. The van der Waals surface area contributed by atoms with E-state index < -0.39 is 0 Å². The van der Waals surface area contributed by atoms with E-state index >= 15 is 0 Å². The summed E-state index contributed by atoms with van der Waals surface area (Å²) < 4.78 is 1.79. The summed E-state index contributed by atoms with van der Waals surface area (Å²) in [5.41, 5.74) is 8.01. The molecule has 3 heterocycles. The zero-order chi connectivity index (χ0) is 22.5. The highest BCUT2D eigenvalue weighted by Gasteiger charge is 2.27. The Morgan fingerprint density at radius 1 is 1.06 bits per heavy atom. The monoisotopic (exact) mass is 427 g/mol. The van der Waals surface area contributed by atoms with Gasteiger partial charge in [-0.15, -0.1) is 0 Å². The minimum atomic E-state index is 0.135. The van der Waals surface area contributed by atoms with Crippen molar-refractivity contribution in [2.75, 3.05) is 17.2 Å². The molecular formula is C25H29N7. The molecule has 4 aromatic rings. The summed E-state index contributed by atoms with van der Waals surface area (Å²) in [6.07, 6.45) is 1.83. The van der Waals surface area contributed by atoms with Crippen LogP contribution < -0.4 is 16.0 Å². The standard InChI is InChI=1S/C25H29N7/c1-15-7-6-8-16(2)21(15)29-24-27-13-19-22(31-32(5)23(19)30-24)28-18-9-10-20-17(11-18)12-26-14-25(20,3)4/h6-11,13,26H,12,14H2,1-5H3,(H,28,31)(H,27,29,30). The first-order chi connectivity index (χ1) is 15.3. The van der Waals surface area contributed by atoms with Crippen LogP contribution in [0.1, 0.15) is 36.1 Å². The Balaban J connectivity index is 1.45. The molecule has 1 aliphatic rings. The second-order valence-corrected chi connectivity index (χ2v) is 9.28. The molecule has 164 valence electrons. The van der Waals surface area contributed by atoms with Crippen LogP contribution in [0.2, 0.25) is 0 Å². The van der Waals surface area contributed by atoms with Crippen molar-refractivity contribution in [2.45, 2.75) is 39.7 Å². The number of aryl methyl sites for hydroxylation is 3. The molecule has 0 unspecified atom stereocenters. The van der Waals surface area contributed by atoms with Crippen LogP contribution in [0.15, 0.2) is 42.6 Å². The number of nitrogens with one attached hydrogen (secondary N) is 3. The van der Waals surface area contributed by atoms with E-state index in [2.05, 4.69) is 90.1 Å². The van der Waals surface area contributed by atoms with Gasteiger partial charge in [0.25, 0.3) is 0 Å². The van der Waals surface area contributed by atoms with Crippen molar-refractivity contribution < 1.29 is 0 Å². The van der Waals surface area contributed by atoms with Crippen molar-refractivity contribution in [2.24, 2.45) is 7.05 Å². The van der Waals surface area contributed by atoms with Gasteiger partial charge in [0.05, 0.1) is 5.39 Å². The summed E-state index contributed by atoms with van der Waals surface area (Å²) in [6.45, 7) is 10.6. The highest BCUT2D eigenvalue weighted by molar-refractivity contribution is 5.89. The van der Waals surface area contributed by atoms with Crippen molar-refractivity contribution in [3.8, 4) is 0 Å². The molecule has 7 nitrogen and oxygen atoms in total. The molecule has 0 atom stereocenters. The zero-order valence-electron chi connectivity index (χ0n) is 19.2. The first-order valence-electron chi connectivity index (χ1n) is 11.0. The molecule has 0 fully saturated rings. The van der Waals surface area contributed by atoms with Crippen LogP contribution in [0, 0.1) is 13.8 Å². The topological polar surface area (TPSA) is 79.7 Å². The summed E-state index contributed by atoms with van der Waals surface area (Å²) in [6, 6.07) is 12.8. The molecule has 3 N–H and O–H groups in total. The minimum absolute atomic E-state index is 0.135. The maximum Gasteiger partial charge on any atom is 0.229 e. The second-order valence-electron chi connectivity index (χ2n) is 9.28. The van der Waals surface area contributed by atoms with Crippen LogP contribution in [0.25, 0.3) is 11.0 Å². The number of rotatable bonds is 4. The molecular weight excluding hydrogens is 398 g/mol. The molecule has 7 heteroatoms. The van der Waals surface area contributed by atoms with Crippen LogP contribution in [0.3, 0.4) is 0 Å². The van der Waals surface area contributed by atoms with Crippen molar-refractivity contribution in [3.63, 3.8) is 0 Å². The predicted octanol–water partition coefficient (Wildman–Crippen LogP) is 4.85. The van der Waals surface area contributed by atoms with E-state index in [0.717, 1.165) is 52.4 Å². The first-order valence-corrected chi connectivity index (χ1v) is 11.0. The number of para-hydroxylation sites is 1. The van der Waals surface area contributed by atoms with Gasteiger partial charge in [0.2, 0.25) is 5.95 Å². The van der Waals surface area contributed by atoms with Crippen molar-refractivity contribution in [1.82, 2.24) is 25.1 Å². The largest absolute Gasteiger partial charge is 0.338 e. The number of nitrogens with zero attached hydrogens (tertiary/aromatic N) is 4. The first kappa shape index (κ1) is 20.5. The number of benzene rings is 2. The number of hydrogen-bond acceptors (Lipinski definition) is 6. The maximum absolute atomic E-state index is 4.73. The predicted molar refractivity (Wildman–Crippen MR) is 130 cm³/mol. The van der Waals surface area contributed by atoms with Crippen molar-refractivity contribution in [1.29, 1.82) is 0 Å². The Bertz CT molecular complexity index is 1300. The highest BCUT2D eigenvalue weighted by Crippen LogP contribution is 2.33. The van der Waals surface area contributed by atoms with Gasteiger partial charge in [-0.1, -0.05) is 38.1 Å². The summed E-state index contributed by atoms with van der Waals surface area (Å²) in [7, 11) is 1.91. The molecule has 32 heavy (non-hydrogen) atoms. The van der Waals surface area contributed by atoms with Gasteiger partial charge in [-0.2, -0.15) is 10.1 Å². The van der Waals surface area contributed by atoms with Crippen LogP contribution in [0.4, 0.5) is 23.1 Å². The fraction of sp³-hybridized carbons (Fsp3) is 0.320. The normalized spacial score (nSPS) is 14.9. The Labute approximate surface area is 188 Å². The lowest BCUT2D eigenvalue weighted by Gasteiger charge is -2.33.